The summed E-state index contributed by atoms with van der Waals surface area (Å²) in [4.78, 5) is 12.7. The topological polar surface area (TPSA) is 75.7 Å². The molecule has 28 heavy (non-hydrogen) atoms. The van der Waals surface area contributed by atoms with Crippen molar-refractivity contribution in [3.05, 3.63) is 59.1 Å². The summed E-state index contributed by atoms with van der Waals surface area (Å²) in [5, 5.41) is 3.15. The first-order valence-corrected chi connectivity index (χ1v) is 11.2. The molecule has 0 heterocycles. The van der Waals surface area contributed by atoms with Gasteiger partial charge in [-0.1, -0.05) is 36.7 Å². The average molecular weight is 425 g/mol. The van der Waals surface area contributed by atoms with E-state index < -0.39 is 16.1 Å². The average Bonchev–Trinajstić information content (AvgIpc) is 2.62. The third kappa shape index (κ3) is 6.14. The number of hydrogen-bond donors (Lipinski definition) is 1. The minimum atomic E-state index is -3.69. The Labute approximate surface area is 171 Å². The van der Waals surface area contributed by atoms with Crippen molar-refractivity contribution < 1.29 is 17.9 Å². The number of hydrogen-bond acceptors (Lipinski definition) is 4. The molecule has 0 radical (unpaired) electrons. The first kappa shape index (κ1) is 22.0. The highest BCUT2D eigenvalue weighted by Crippen LogP contribution is 2.25. The summed E-state index contributed by atoms with van der Waals surface area (Å²) >= 11 is 6.00. The predicted octanol–water partition coefficient (Wildman–Crippen LogP) is 3.39. The number of nitrogens with zero attached hydrogens (tertiary/aromatic N) is 1. The number of ether oxygens (including phenoxy) is 1. The van der Waals surface area contributed by atoms with Gasteiger partial charge in [-0.3, -0.25) is 9.10 Å². The fraction of sp³-hybridized carbons (Fsp3) is 0.350. The lowest BCUT2D eigenvalue weighted by Gasteiger charge is -2.30. The summed E-state index contributed by atoms with van der Waals surface area (Å²) in [5.74, 6) is 0.332. The number of sulfonamides is 1. The Balaban J connectivity index is 2.05. The Morgan fingerprint density at radius 2 is 1.93 bits per heavy atom. The molecule has 0 aliphatic heterocycles. The highest BCUT2D eigenvalue weighted by Gasteiger charge is 2.31. The van der Waals surface area contributed by atoms with Crippen molar-refractivity contribution in [2.45, 2.75) is 26.3 Å². The van der Waals surface area contributed by atoms with Crippen molar-refractivity contribution in [3.8, 4) is 5.75 Å². The Hall–Kier alpha value is -2.25. The number of halogens is 1. The van der Waals surface area contributed by atoms with Crippen LogP contribution in [0.1, 0.15) is 18.9 Å². The minimum absolute atomic E-state index is 0.260. The van der Waals surface area contributed by atoms with Crippen LogP contribution in [0, 0.1) is 6.92 Å². The summed E-state index contributed by atoms with van der Waals surface area (Å²) in [6, 6.07) is 13.2. The van der Waals surface area contributed by atoms with Gasteiger partial charge in [-0.2, -0.15) is 0 Å². The van der Waals surface area contributed by atoms with E-state index in [-0.39, 0.29) is 19.1 Å². The van der Waals surface area contributed by atoms with Crippen LogP contribution in [0.4, 0.5) is 5.69 Å². The van der Waals surface area contributed by atoms with Gasteiger partial charge in [0.15, 0.2) is 0 Å². The van der Waals surface area contributed by atoms with Crippen molar-refractivity contribution in [1.82, 2.24) is 5.32 Å². The maximum absolute atomic E-state index is 12.7. The molecule has 152 valence electrons. The monoisotopic (exact) mass is 424 g/mol. The lowest BCUT2D eigenvalue weighted by molar-refractivity contribution is -0.122. The molecule has 0 spiro atoms. The second kappa shape index (κ2) is 9.80. The van der Waals surface area contributed by atoms with Gasteiger partial charge in [-0.15, -0.1) is 0 Å². The van der Waals surface area contributed by atoms with Gasteiger partial charge in [0.2, 0.25) is 15.9 Å². The van der Waals surface area contributed by atoms with Gasteiger partial charge in [0.25, 0.3) is 0 Å². The second-order valence-electron chi connectivity index (χ2n) is 6.42. The fourth-order valence-corrected chi connectivity index (χ4v) is 4.23. The molecular formula is C20H25ClN2O4S. The standard InChI is InChI=1S/C20H25ClN2O4S/c1-4-19(23(28(3,25)26)17-9-6-8-16(21)14-17)20(24)22-11-12-27-18-10-5-7-15(2)13-18/h5-10,13-14,19H,4,11-12H2,1-3H3,(H,22,24)/t19-/m0/s1. The molecule has 0 saturated carbocycles. The number of amides is 1. The quantitative estimate of drug-likeness (QED) is 0.626. The Kier molecular flexibility index (Phi) is 7.71. The molecule has 8 heteroatoms. The predicted molar refractivity (Wildman–Crippen MR) is 113 cm³/mol. The second-order valence-corrected chi connectivity index (χ2v) is 8.71. The van der Waals surface area contributed by atoms with Gasteiger partial charge < -0.3 is 10.1 Å². The lowest BCUT2D eigenvalue weighted by atomic mass is 10.2. The summed E-state index contributed by atoms with van der Waals surface area (Å²) in [5.41, 5.74) is 1.44. The van der Waals surface area contributed by atoms with Gasteiger partial charge in [-0.25, -0.2) is 8.42 Å². The largest absolute Gasteiger partial charge is 0.492 e. The first-order valence-electron chi connectivity index (χ1n) is 8.94. The third-order valence-electron chi connectivity index (χ3n) is 4.05. The maximum atomic E-state index is 12.7. The van der Waals surface area contributed by atoms with Crippen molar-refractivity contribution in [2.24, 2.45) is 0 Å². The number of aryl methyl sites for hydroxylation is 1. The number of carbonyl (C=O) groups is 1. The zero-order chi connectivity index (χ0) is 20.7. The maximum Gasteiger partial charge on any atom is 0.244 e. The van der Waals surface area contributed by atoms with Crippen molar-refractivity contribution >= 4 is 33.2 Å². The van der Waals surface area contributed by atoms with Crippen LogP contribution < -0.4 is 14.4 Å². The summed E-state index contributed by atoms with van der Waals surface area (Å²) < 4.78 is 31.5. The van der Waals surface area contributed by atoms with Crippen molar-refractivity contribution in [3.63, 3.8) is 0 Å². The molecule has 0 unspecified atom stereocenters. The van der Waals surface area contributed by atoms with Crippen molar-refractivity contribution in [2.75, 3.05) is 23.7 Å². The van der Waals surface area contributed by atoms with E-state index in [1.807, 2.05) is 31.2 Å². The number of benzene rings is 2. The SMILES string of the molecule is CC[C@@H](C(=O)NCCOc1cccc(C)c1)N(c1cccc(Cl)c1)S(C)(=O)=O. The van der Waals surface area contributed by atoms with Gasteiger partial charge >= 0.3 is 0 Å². The lowest BCUT2D eigenvalue weighted by Crippen LogP contribution is -2.50. The van der Waals surface area contributed by atoms with Gasteiger partial charge in [-0.05, 0) is 49.2 Å². The van der Waals surface area contributed by atoms with E-state index in [4.69, 9.17) is 16.3 Å². The van der Waals surface area contributed by atoms with Crippen LogP contribution in [0.25, 0.3) is 0 Å². The number of carbonyl (C=O) groups excluding carboxylic acids is 1. The molecule has 0 fully saturated rings. The summed E-state index contributed by atoms with van der Waals surface area (Å²) in [6.45, 7) is 4.27. The molecule has 1 N–H and O–H groups in total. The van der Waals surface area contributed by atoms with Gasteiger partial charge in [0.05, 0.1) is 18.5 Å². The van der Waals surface area contributed by atoms with Crippen LogP contribution in [0.2, 0.25) is 5.02 Å². The third-order valence-corrected chi connectivity index (χ3v) is 5.47. The molecule has 0 aliphatic carbocycles. The molecule has 1 amide bonds. The summed E-state index contributed by atoms with van der Waals surface area (Å²) in [6.07, 6.45) is 1.38. The number of anilines is 1. The van der Waals surface area contributed by atoms with Crippen molar-refractivity contribution in [1.29, 1.82) is 0 Å². The highest BCUT2D eigenvalue weighted by atomic mass is 35.5. The van der Waals surface area contributed by atoms with E-state index in [1.165, 1.54) is 6.07 Å². The summed E-state index contributed by atoms with van der Waals surface area (Å²) in [7, 11) is -3.69. The van der Waals surface area contributed by atoms with Crippen LogP contribution in [-0.2, 0) is 14.8 Å². The zero-order valence-electron chi connectivity index (χ0n) is 16.2. The molecule has 1 atom stereocenters. The Morgan fingerprint density at radius 3 is 2.54 bits per heavy atom. The van der Waals surface area contributed by atoms with Gasteiger partial charge in [0.1, 0.15) is 18.4 Å². The Bertz CT molecular complexity index is 918. The minimum Gasteiger partial charge on any atom is -0.492 e. The van der Waals surface area contributed by atoms with E-state index in [9.17, 15) is 13.2 Å². The molecule has 2 aromatic carbocycles. The van der Waals surface area contributed by atoms with Gasteiger partial charge in [0, 0.05) is 5.02 Å². The van der Waals surface area contributed by atoms with E-state index in [0.717, 1.165) is 21.9 Å². The Morgan fingerprint density at radius 1 is 1.21 bits per heavy atom. The van der Waals surface area contributed by atoms with Crippen LogP contribution in [-0.4, -0.2) is 39.8 Å². The molecule has 2 aromatic rings. The molecule has 0 aliphatic rings. The molecule has 0 saturated heterocycles. The molecular weight excluding hydrogens is 400 g/mol. The van der Waals surface area contributed by atoms with Crippen LogP contribution in [0.3, 0.4) is 0 Å². The van der Waals surface area contributed by atoms with Crippen LogP contribution in [0.5, 0.6) is 5.75 Å². The fourth-order valence-electron chi connectivity index (χ4n) is 2.84. The highest BCUT2D eigenvalue weighted by molar-refractivity contribution is 7.92. The molecule has 2 rings (SSSR count). The van der Waals surface area contributed by atoms with E-state index in [2.05, 4.69) is 5.32 Å². The smallest absolute Gasteiger partial charge is 0.244 e. The zero-order valence-corrected chi connectivity index (χ0v) is 17.8. The van der Waals surface area contributed by atoms with E-state index in [1.54, 1.807) is 25.1 Å². The molecule has 0 bridgehead atoms. The molecule has 6 nitrogen and oxygen atoms in total. The normalized spacial score (nSPS) is 12.3. The number of nitrogens with one attached hydrogen (secondary N) is 1. The number of rotatable bonds is 9. The van der Waals surface area contributed by atoms with Crippen LogP contribution in [0.15, 0.2) is 48.5 Å². The van der Waals surface area contributed by atoms with E-state index in [0.29, 0.717) is 17.1 Å². The first-order chi connectivity index (χ1) is 13.2. The van der Waals surface area contributed by atoms with Crippen LogP contribution >= 0.6 is 11.6 Å². The van der Waals surface area contributed by atoms with E-state index >= 15 is 0 Å². The molecule has 0 aromatic heterocycles.